The fourth-order valence-corrected chi connectivity index (χ4v) is 4.25. The van der Waals surface area contributed by atoms with E-state index in [1.54, 1.807) is 30.6 Å². The molecule has 0 unspecified atom stereocenters. The maximum absolute atomic E-state index is 12.8. The lowest BCUT2D eigenvalue weighted by molar-refractivity contribution is 0.0662. The van der Waals surface area contributed by atoms with Gasteiger partial charge in [0.25, 0.3) is 10.0 Å². The molecule has 0 aliphatic carbocycles. The van der Waals surface area contributed by atoms with Crippen LogP contribution in [0.25, 0.3) is 10.9 Å². The fourth-order valence-electron chi connectivity index (χ4n) is 3.04. The van der Waals surface area contributed by atoms with E-state index in [2.05, 4.69) is 14.8 Å². The fraction of sp³-hybridized carbons (Fsp3) is 0.294. The molecule has 0 atom stereocenters. The average molecular weight is 358 g/mol. The third-order valence-electron chi connectivity index (χ3n) is 4.30. The molecule has 1 aromatic carbocycles. The summed E-state index contributed by atoms with van der Waals surface area (Å²) in [5.74, 6) is 0. The molecule has 1 N–H and O–H groups in total. The predicted octanol–water partition coefficient (Wildman–Crippen LogP) is 2.58. The molecule has 25 heavy (non-hydrogen) atoms. The highest BCUT2D eigenvalue weighted by atomic mass is 32.2. The lowest BCUT2D eigenvalue weighted by Crippen LogP contribution is -2.19. The van der Waals surface area contributed by atoms with E-state index in [0.29, 0.717) is 24.4 Å². The van der Waals surface area contributed by atoms with E-state index < -0.39 is 10.0 Å². The van der Waals surface area contributed by atoms with Gasteiger partial charge in [-0.3, -0.25) is 14.4 Å². The Morgan fingerprint density at radius 3 is 2.80 bits per heavy atom. The molecule has 1 saturated heterocycles. The molecule has 0 radical (unpaired) electrons. The van der Waals surface area contributed by atoms with Gasteiger partial charge in [0.2, 0.25) is 0 Å². The zero-order valence-electron chi connectivity index (χ0n) is 13.5. The van der Waals surface area contributed by atoms with Crippen molar-refractivity contribution in [1.29, 1.82) is 0 Å². The van der Waals surface area contributed by atoms with Crippen LogP contribution in [0.1, 0.15) is 18.9 Å². The molecule has 4 rings (SSSR count). The van der Waals surface area contributed by atoms with Crippen LogP contribution in [0, 0.1) is 0 Å². The molecule has 3 aromatic rings. The molecule has 0 bridgehead atoms. The van der Waals surface area contributed by atoms with Crippen LogP contribution in [0.2, 0.25) is 0 Å². The Balaban J connectivity index is 1.62. The number of anilines is 1. The summed E-state index contributed by atoms with van der Waals surface area (Å²) in [5, 5.41) is 5.08. The van der Waals surface area contributed by atoms with Gasteiger partial charge in [-0.15, -0.1) is 0 Å². The maximum atomic E-state index is 12.8. The molecule has 0 spiro atoms. The second kappa shape index (κ2) is 6.45. The number of ether oxygens (including phenoxy) is 1. The van der Waals surface area contributed by atoms with Crippen LogP contribution in [0.3, 0.4) is 0 Å². The van der Waals surface area contributed by atoms with Crippen molar-refractivity contribution >= 4 is 26.6 Å². The first kappa shape index (κ1) is 16.0. The maximum Gasteiger partial charge on any atom is 0.264 e. The summed E-state index contributed by atoms with van der Waals surface area (Å²) >= 11 is 0. The number of benzene rings is 1. The Morgan fingerprint density at radius 2 is 1.96 bits per heavy atom. The van der Waals surface area contributed by atoms with Crippen LogP contribution in [0.4, 0.5) is 5.69 Å². The highest BCUT2D eigenvalue weighted by Crippen LogP contribution is 2.25. The summed E-state index contributed by atoms with van der Waals surface area (Å²) in [7, 11) is -3.75. The summed E-state index contributed by atoms with van der Waals surface area (Å²) in [6, 6.07) is 8.97. The van der Waals surface area contributed by atoms with E-state index in [-0.39, 0.29) is 10.9 Å². The van der Waals surface area contributed by atoms with Gasteiger partial charge in [-0.25, -0.2) is 8.42 Å². The minimum Gasteiger partial charge on any atom is -0.381 e. The molecule has 7 nitrogen and oxygen atoms in total. The quantitative estimate of drug-likeness (QED) is 0.775. The molecule has 1 aliphatic heterocycles. The second-order valence-corrected chi connectivity index (χ2v) is 7.64. The van der Waals surface area contributed by atoms with Crippen molar-refractivity contribution in [1.82, 2.24) is 14.8 Å². The third-order valence-corrected chi connectivity index (χ3v) is 5.72. The number of sulfonamides is 1. The Hall–Kier alpha value is -2.45. The number of hydrogen-bond donors (Lipinski definition) is 1. The zero-order valence-corrected chi connectivity index (χ0v) is 14.3. The Bertz CT molecular complexity index is 989. The van der Waals surface area contributed by atoms with E-state index >= 15 is 0 Å². The first-order chi connectivity index (χ1) is 12.1. The Kier molecular flexibility index (Phi) is 4.14. The zero-order chi connectivity index (χ0) is 17.3. The smallest absolute Gasteiger partial charge is 0.264 e. The molecule has 0 amide bonds. The van der Waals surface area contributed by atoms with Crippen molar-refractivity contribution in [2.45, 2.75) is 23.8 Å². The monoisotopic (exact) mass is 358 g/mol. The van der Waals surface area contributed by atoms with Gasteiger partial charge < -0.3 is 4.74 Å². The van der Waals surface area contributed by atoms with Gasteiger partial charge in [0.15, 0.2) is 0 Å². The number of aromatic nitrogens is 3. The van der Waals surface area contributed by atoms with Crippen LogP contribution in [0.15, 0.2) is 53.8 Å². The first-order valence-electron chi connectivity index (χ1n) is 8.12. The van der Waals surface area contributed by atoms with E-state index in [9.17, 15) is 8.42 Å². The number of para-hydroxylation sites is 1. The SMILES string of the molecule is O=S(=O)(Nc1cnn(C2CCOCC2)c1)c1cccc2cccnc12. The van der Waals surface area contributed by atoms with Crippen molar-refractivity contribution < 1.29 is 13.2 Å². The summed E-state index contributed by atoms with van der Waals surface area (Å²) in [6.45, 7) is 1.40. The van der Waals surface area contributed by atoms with Crippen molar-refractivity contribution in [2.24, 2.45) is 0 Å². The topological polar surface area (TPSA) is 86.1 Å². The van der Waals surface area contributed by atoms with Crippen molar-refractivity contribution in [3.05, 3.63) is 48.9 Å². The minimum atomic E-state index is -3.75. The lowest BCUT2D eigenvalue weighted by atomic mass is 10.1. The molecule has 0 saturated carbocycles. The molecule has 1 aliphatic rings. The van der Waals surface area contributed by atoms with Gasteiger partial charge in [-0.05, 0) is 25.0 Å². The van der Waals surface area contributed by atoms with E-state index in [0.717, 1.165) is 18.2 Å². The summed E-state index contributed by atoms with van der Waals surface area (Å²) in [5.41, 5.74) is 0.897. The summed E-state index contributed by atoms with van der Waals surface area (Å²) in [4.78, 5) is 4.37. The van der Waals surface area contributed by atoms with Gasteiger partial charge in [0, 0.05) is 31.0 Å². The normalized spacial score (nSPS) is 16.2. The first-order valence-corrected chi connectivity index (χ1v) is 9.60. The predicted molar refractivity (Wildman–Crippen MR) is 93.9 cm³/mol. The molecule has 2 aromatic heterocycles. The van der Waals surface area contributed by atoms with E-state index in [1.807, 2.05) is 16.8 Å². The number of nitrogens with one attached hydrogen (secondary N) is 1. The van der Waals surface area contributed by atoms with Crippen molar-refractivity contribution in [3.63, 3.8) is 0 Å². The van der Waals surface area contributed by atoms with Gasteiger partial charge >= 0.3 is 0 Å². The molecular weight excluding hydrogens is 340 g/mol. The Labute approximate surface area is 145 Å². The lowest BCUT2D eigenvalue weighted by Gasteiger charge is -2.22. The standard InChI is InChI=1S/C17H18N4O3S/c22-25(23,16-5-1-3-13-4-2-8-18-17(13)16)20-14-11-19-21(12-14)15-6-9-24-10-7-15/h1-5,8,11-12,15,20H,6-7,9-10H2. The summed E-state index contributed by atoms with van der Waals surface area (Å²) < 4.78 is 35.3. The minimum absolute atomic E-state index is 0.157. The molecule has 1 fully saturated rings. The molecular formula is C17H18N4O3S. The van der Waals surface area contributed by atoms with Crippen molar-refractivity contribution in [3.8, 4) is 0 Å². The van der Waals surface area contributed by atoms with Crippen LogP contribution in [-0.2, 0) is 14.8 Å². The van der Waals surface area contributed by atoms with Crippen LogP contribution >= 0.6 is 0 Å². The molecule has 8 heteroatoms. The number of fused-ring (bicyclic) bond motifs is 1. The van der Waals surface area contributed by atoms with E-state index in [1.165, 1.54) is 6.20 Å². The number of rotatable bonds is 4. The van der Waals surface area contributed by atoms with Crippen LogP contribution in [-0.4, -0.2) is 36.4 Å². The highest BCUT2D eigenvalue weighted by Gasteiger charge is 2.21. The van der Waals surface area contributed by atoms with Gasteiger partial charge in [0.1, 0.15) is 4.90 Å². The number of hydrogen-bond acceptors (Lipinski definition) is 5. The Morgan fingerprint density at radius 1 is 1.16 bits per heavy atom. The van der Waals surface area contributed by atoms with Gasteiger partial charge in [-0.2, -0.15) is 5.10 Å². The van der Waals surface area contributed by atoms with E-state index in [4.69, 9.17) is 4.74 Å². The van der Waals surface area contributed by atoms with Crippen LogP contribution in [0.5, 0.6) is 0 Å². The molecule has 130 valence electrons. The van der Waals surface area contributed by atoms with Crippen LogP contribution < -0.4 is 4.72 Å². The third kappa shape index (κ3) is 3.22. The average Bonchev–Trinajstić information content (AvgIpc) is 3.10. The van der Waals surface area contributed by atoms with Crippen molar-refractivity contribution in [2.75, 3.05) is 17.9 Å². The van der Waals surface area contributed by atoms with Gasteiger partial charge in [-0.1, -0.05) is 18.2 Å². The largest absolute Gasteiger partial charge is 0.381 e. The number of nitrogens with zero attached hydrogens (tertiary/aromatic N) is 3. The number of pyridine rings is 1. The van der Waals surface area contributed by atoms with Gasteiger partial charge in [0.05, 0.1) is 23.4 Å². The second-order valence-electron chi connectivity index (χ2n) is 5.99. The highest BCUT2D eigenvalue weighted by molar-refractivity contribution is 7.93. The summed E-state index contributed by atoms with van der Waals surface area (Å²) in [6.07, 6.45) is 6.60. The molecule has 3 heterocycles.